The summed E-state index contributed by atoms with van der Waals surface area (Å²) in [6, 6.07) is -0.0587. The monoisotopic (exact) mass is 201 g/mol. The third kappa shape index (κ3) is 1.16. The summed E-state index contributed by atoms with van der Waals surface area (Å²) in [7, 11) is 1.41. The van der Waals surface area contributed by atoms with Gasteiger partial charge in [0.25, 0.3) is 0 Å². The topological polar surface area (TPSA) is 29.5 Å². The average Bonchev–Trinajstić information content (AvgIpc) is 2.74. The second kappa shape index (κ2) is 3.50. The smallest absolute Gasteiger partial charge is 0.326 e. The van der Waals surface area contributed by atoms with Crippen molar-refractivity contribution in [2.45, 2.75) is 37.3 Å². The van der Waals surface area contributed by atoms with E-state index in [9.17, 15) is 9.18 Å². The van der Waals surface area contributed by atoms with Crippen molar-refractivity contribution in [1.29, 1.82) is 0 Å². The van der Waals surface area contributed by atoms with Crippen molar-refractivity contribution in [2.24, 2.45) is 0 Å². The molecule has 3 nitrogen and oxygen atoms in total. The van der Waals surface area contributed by atoms with Gasteiger partial charge in [0.2, 0.25) is 0 Å². The Kier molecular flexibility index (Phi) is 2.47. The van der Waals surface area contributed by atoms with Crippen LogP contribution < -0.4 is 0 Å². The predicted molar refractivity (Wildman–Crippen MR) is 49.7 cm³/mol. The minimum Gasteiger partial charge on any atom is -0.468 e. The molecule has 0 N–H and O–H groups in total. The summed E-state index contributed by atoms with van der Waals surface area (Å²) >= 11 is 0. The molecule has 2 rings (SSSR count). The summed E-state index contributed by atoms with van der Waals surface area (Å²) in [5.74, 6) is -0.175. The van der Waals surface area contributed by atoms with Gasteiger partial charge in [-0.25, -0.2) is 4.39 Å². The molecular weight excluding hydrogens is 185 g/mol. The van der Waals surface area contributed by atoms with Gasteiger partial charge in [-0.2, -0.15) is 0 Å². The number of ether oxygens (including phenoxy) is 1. The van der Waals surface area contributed by atoms with Crippen molar-refractivity contribution in [3.8, 4) is 0 Å². The molecule has 0 amide bonds. The minimum atomic E-state index is -0.481. The second-order valence-corrected chi connectivity index (χ2v) is 4.17. The maximum absolute atomic E-state index is 12.7. The Labute approximate surface area is 83.2 Å². The van der Waals surface area contributed by atoms with E-state index in [1.54, 1.807) is 0 Å². The Morgan fingerprint density at radius 2 is 2.43 bits per heavy atom. The van der Waals surface area contributed by atoms with Gasteiger partial charge in [-0.1, -0.05) is 0 Å². The molecule has 0 saturated carbocycles. The van der Waals surface area contributed by atoms with Crippen LogP contribution in [-0.4, -0.2) is 42.8 Å². The molecule has 0 aliphatic carbocycles. The maximum atomic E-state index is 12.7. The highest BCUT2D eigenvalue weighted by Gasteiger charge is 2.54. The van der Waals surface area contributed by atoms with Gasteiger partial charge in [-0.15, -0.1) is 0 Å². The van der Waals surface area contributed by atoms with Gasteiger partial charge in [0.15, 0.2) is 0 Å². The fourth-order valence-electron chi connectivity index (χ4n) is 2.93. The lowest BCUT2D eigenvalue weighted by Crippen LogP contribution is -2.49. The van der Waals surface area contributed by atoms with Crippen molar-refractivity contribution < 1.29 is 13.9 Å². The number of carbonyl (C=O) groups is 1. The first-order valence-corrected chi connectivity index (χ1v) is 5.16. The van der Waals surface area contributed by atoms with Crippen LogP contribution in [0.5, 0.6) is 0 Å². The van der Waals surface area contributed by atoms with Crippen LogP contribution in [0, 0.1) is 0 Å². The molecule has 2 heterocycles. The first-order chi connectivity index (χ1) is 6.74. The molecule has 0 bridgehead atoms. The number of methoxy groups -OCH3 is 1. The third-order valence-electron chi connectivity index (χ3n) is 3.61. The highest BCUT2D eigenvalue weighted by molar-refractivity contribution is 5.81. The highest BCUT2D eigenvalue weighted by Crippen LogP contribution is 2.43. The van der Waals surface area contributed by atoms with Crippen LogP contribution in [0.1, 0.15) is 25.7 Å². The third-order valence-corrected chi connectivity index (χ3v) is 3.61. The molecule has 80 valence electrons. The zero-order valence-electron chi connectivity index (χ0n) is 8.46. The first-order valence-electron chi connectivity index (χ1n) is 5.16. The lowest BCUT2D eigenvalue weighted by Gasteiger charge is -2.31. The van der Waals surface area contributed by atoms with Crippen molar-refractivity contribution >= 4 is 5.97 Å². The van der Waals surface area contributed by atoms with Crippen LogP contribution in [0.4, 0.5) is 4.39 Å². The Morgan fingerprint density at radius 1 is 1.64 bits per heavy atom. The average molecular weight is 201 g/mol. The van der Waals surface area contributed by atoms with E-state index < -0.39 is 5.54 Å². The Morgan fingerprint density at radius 3 is 3.07 bits per heavy atom. The molecule has 0 radical (unpaired) electrons. The van der Waals surface area contributed by atoms with Gasteiger partial charge in [0, 0.05) is 6.04 Å². The van der Waals surface area contributed by atoms with Crippen molar-refractivity contribution in [2.75, 3.05) is 20.3 Å². The molecule has 0 spiro atoms. The summed E-state index contributed by atoms with van der Waals surface area (Å²) in [5.41, 5.74) is -0.481. The summed E-state index contributed by atoms with van der Waals surface area (Å²) in [4.78, 5) is 13.7. The molecule has 14 heavy (non-hydrogen) atoms. The highest BCUT2D eigenvalue weighted by atomic mass is 19.1. The number of esters is 1. The fraction of sp³-hybridized carbons (Fsp3) is 0.900. The van der Waals surface area contributed by atoms with Gasteiger partial charge >= 0.3 is 5.97 Å². The molecule has 2 fully saturated rings. The van der Waals surface area contributed by atoms with Gasteiger partial charge in [0.1, 0.15) is 12.2 Å². The molecule has 4 heteroatoms. The van der Waals surface area contributed by atoms with Gasteiger partial charge in [-0.3, -0.25) is 9.69 Å². The number of fused-ring (bicyclic) bond motifs is 1. The van der Waals surface area contributed by atoms with Gasteiger partial charge in [-0.05, 0) is 32.2 Å². The molecular formula is C10H16FNO2. The van der Waals surface area contributed by atoms with Crippen LogP contribution in [0.15, 0.2) is 0 Å². The van der Waals surface area contributed by atoms with E-state index in [1.165, 1.54) is 7.11 Å². The van der Waals surface area contributed by atoms with Crippen LogP contribution in [0.25, 0.3) is 0 Å². The maximum Gasteiger partial charge on any atom is 0.326 e. The van der Waals surface area contributed by atoms with E-state index >= 15 is 0 Å². The van der Waals surface area contributed by atoms with E-state index in [0.717, 1.165) is 32.2 Å². The molecule has 0 aromatic carbocycles. The number of halogens is 1. The van der Waals surface area contributed by atoms with Gasteiger partial charge < -0.3 is 4.74 Å². The van der Waals surface area contributed by atoms with E-state index in [2.05, 4.69) is 0 Å². The van der Waals surface area contributed by atoms with Gasteiger partial charge in [0.05, 0.1) is 7.11 Å². The quantitative estimate of drug-likeness (QED) is 0.627. The van der Waals surface area contributed by atoms with Crippen LogP contribution >= 0.6 is 0 Å². The molecule has 2 aliphatic rings. The molecule has 0 aromatic heterocycles. The van der Waals surface area contributed by atoms with E-state index in [1.807, 2.05) is 4.90 Å². The second-order valence-electron chi connectivity index (χ2n) is 4.17. The molecule has 2 atom stereocenters. The zero-order valence-corrected chi connectivity index (χ0v) is 8.46. The Bertz CT molecular complexity index is 246. The SMILES string of the molecule is COC(=O)[C@]12CCCN1[C@H](CF)CC2. The van der Waals surface area contributed by atoms with E-state index in [4.69, 9.17) is 4.74 Å². The number of rotatable bonds is 2. The summed E-state index contributed by atoms with van der Waals surface area (Å²) in [5, 5.41) is 0. The number of hydrogen-bond donors (Lipinski definition) is 0. The number of nitrogens with zero attached hydrogens (tertiary/aromatic N) is 1. The standard InChI is InChI=1S/C10H16FNO2/c1-14-9(13)10-4-2-6-12(10)8(7-11)3-5-10/h8H,2-7H2,1H3/t8-,10+/m0/s1. The minimum absolute atomic E-state index is 0.0587. The number of alkyl halides is 1. The van der Waals surface area contributed by atoms with Crippen LogP contribution in [0.3, 0.4) is 0 Å². The van der Waals surface area contributed by atoms with Crippen molar-refractivity contribution in [3.63, 3.8) is 0 Å². The van der Waals surface area contributed by atoms with E-state index in [0.29, 0.717) is 0 Å². The van der Waals surface area contributed by atoms with Crippen LogP contribution in [-0.2, 0) is 9.53 Å². The first kappa shape index (κ1) is 9.90. The summed E-state index contributed by atoms with van der Waals surface area (Å²) < 4.78 is 17.5. The lowest BCUT2D eigenvalue weighted by atomic mass is 9.94. The Hall–Kier alpha value is -0.640. The van der Waals surface area contributed by atoms with E-state index in [-0.39, 0.29) is 18.7 Å². The normalized spacial score (nSPS) is 37.1. The Balaban J connectivity index is 2.22. The number of carbonyl (C=O) groups excluding carboxylic acids is 1. The lowest BCUT2D eigenvalue weighted by molar-refractivity contribution is -0.152. The molecule has 0 aromatic rings. The van der Waals surface area contributed by atoms with Crippen molar-refractivity contribution in [1.82, 2.24) is 4.90 Å². The summed E-state index contributed by atoms with van der Waals surface area (Å²) in [6.07, 6.45) is 3.35. The molecule has 2 saturated heterocycles. The van der Waals surface area contributed by atoms with Crippen LogP contribution in [0.2, 0.25) is 0 Å². The zero-order chi connectivity index (χ0) is 10.2. The summed E-state index contributed by atoms with van der Waals surface area (Å²) in [6.45, 7) is 0.489. The molecule has 0 unspecified atom stereocenters. The van der Waals surface area contributed by atoms with Crippen molar-refractivity contribution in [3.05, 3.63) is 0 Å². The number of hydrogen-bond acceptors (Lipinski definition) is 3. The fourth-order valence-corrected chi connectivity index (χ4v) is 2.93. The largest absolute Gasteiger partial charge is 0.468 e. The predicted octanol–water partition coefficient (Wildman–Crippen LogP) is 1.13. The molecule has 2 aliphatic heterocycles.